The summed E-state index contributed by atoms with van der Waals surface area (Å²) in [7, 11) is 4.89. The largest absolute Gasteiger partial charge is 0.497 e. The van der Waals surface area contributed by atoms with E-state index in [2.05, 4.69) is 11.1 Å². The van der Waals surface area contributed by atoms with Crippen LogP contribution in [0.2, 0.25) is 0 Å². The molecule has 0 saturated heterocycles. The van der Waals surface area contributed by atoms with Crippen LogP contribution in [0.1, 0.15) is 15.9 Å². The minimum Gasteiger partial charge on any atom is -0.497 e. The molecule has 5 heteroatoms. The van der Waals surface area contributed by atoms with Crippen LogP contribution in [0, 0.1) is 0 Å². The van der Waals surface area contributed by atoms with Crippen LogP contribution in [0.3, 0.4) is 0 Å². The number of amides is 1. The SMILES string of the molecule is COc1cc(OC)cc(C(=O)N(C)Cc2cnc3ccccc3c2)c1. The van der Waals surface area contributed by atoms with Crippen LogP contribution in [-0.2, 0) is 6.54 Å². The number of hydrogen-bond donors (Lipinski definition) is 0. The third-order valence-corrected chi connectivity index (χ3v) is 4.01. The maximum atomic E-state index is 12.7. The normalized spacial score (nSPS) is 10.5. The molecule has 25 heavy (non-hydrogen) atoms. The fourth-order valence-corrected chi connectivity index (χ4v) is 2.70. The zero-order valence-electron chi connectivity index (χ0n) is 14.5. The Hall–Kier alpha value is -3.08. The van der Waals surface area contributed by atoms with E-state index in [4.69, 9.17) is 9.47 Å². The van der Waals surface area contributed by atoms with Crippen molar-refractivity contribution >= 4 is 16.8 Å². The van der Waals surface area contributed by atoms with Gasteiger partial charge in [-0.15, -0.1) is 0 Å². The van der Waals surface area contributed by atoms with Gasteiger partial charge in [0, 0.05) is 36.8 Å². The summed E-state index contributed by atoms with van der Waals surface area (Å²) >= 11 is 0. The van der Waals surface area contributed by atoms with Crippen molar-refractivity contribution in [1.82, 2.24) is 9.88 Å². The lowest BCUT2D eigenvalue weighted by molar-refractivity contribution is 0.0784. The molecule has 0 saturated carbocycles. The summed E-state index contributed by atoms with van der Waals surface area (Å²) in [5, 5.41) is 1.06. The summed E-state index contributed by atoms with van der Waals surface area (Å²) in [6, 6.07) is 15.1. The van der Waals surface area contributed by atoms with Gasteiger partial charge in [0.05, 0.1) is 19.7 Å². The molecule has 0 fully saturated rings. The van der Waals surface area contributed by atoms with Crippen molar-refractivity contribution in [2.24, 2.45) is 0 Å². The highest BCUT2D eigenvalue weighted by Gasteiger charge is 2.15. The number of para-hydroxylation sites is 1. The summed E-state index contributed by atoms with van der Waals surface area (Å²) in [6.07, 6.45) is 1.80. The molecule has 0 N–H and O–H groups in total. The highest BCUT2D eigenvalue weighted by molar-refractivity contribution is 5.95. The van der Waals surface area contributed by atoms with E-state index in [1.807, 2.05) is 24.3 Å². The molecule has 0 radical (unpaired) electrons. The molecule has 0 aliphatic heterocycles. The van der Waals surface area contributed by atoms with Crippen molar-refractivity contribution in [2.45, 2.75) is 6.54 Å². The molecule has 0 atom stereocenters. The Morgan fingerprint density at radius 3 is 2.40 bits per heavy atom. The highest BCUT2D eigenvalue weighted by Crippen LogP contribution is 2.23. The fourth-order valence-electron chi connectivity index (χ4n) is 2.70. The topological polar surface area (TPSA) is 51.7 Å². The first-order valence-corrected chi connectivity index (χ1v) is 7.93. The van der Waals surface area contributed by atoms with E-state index in [1.54, 1.807) is 50.6 Å². The molecular weight excluding hydrogens is 316 g/mol. The molecule has 0 aliphatic carbocycles. The van der Waals surface area contributed by atoms with Gasteiger partial charge in [0.1, 0.15) is 11.5 Å². The van der Waals surface area contributed by atoms with Crippen LogP contribution in [0.5, 0.6) is 11.5 Å². The molecule has 5 nitrogen and oxygen atoms in total. The van der Waals surface area contributed by atoms with Gasteiger partial charge >= 0.3 is 0 Å². The van der Waals surface area contributed by atoms with Gasteiger partial charge in [-0.2, -0.15) is 0 Å². The molecule has 0 aliphatic rings. The Morgan fingerprint density at radius 2 is 1.72 bits per heavy atom. The summed E-state index contributed by atoms with van der Waals surface area (Å²) < 4.78 is 10.5. The first-order chi connectivity index (χ1) is 12.1. The number of aromatic nitrogens is 1. The molecule has 3 rings (SSSR count). The molecule has 0 bridgehead atoms. The van der Waals surface area contributed by atoms with Crippen molar-refractivity contribution < 1.29 is 14.3 Å². The van der Waals surface area contributed by atoms with Crippen LogP contribution in [0.25, 0.3) is 10.9 Å². The second-order valence-corrected chi connectivity index (χ2v) is 5.80. The number of benzene rings is 2. The Morgan fingerprint density at radius 1 is 1.04 bits per heavy atom. The number of carbonyl (C=O) groups excluding carboxylic acids is 1. The zero-order valence-corrected chi connectivity index (χ0v) is 14.5. The van der Waals surface area contributed by atoms with Crippen LogP contribution in [-0.4, -0.2) is 37.1 Å². The monoisotopic (exact) mass is 336 g/mol. The molecule has 1 amide bonds. The molecule has 128 valence electrons. The lowest BCUT2D eigenvalue weighted by Gasteiger charge is -2.18. The quantitative estimate of drug-likeness (QED) is 0.715. The lowest BCUT2D eigenvalue weighted by Crippen LogP contribution is -2.26. The highest BCUT2D eigenvalue weighted by atomic mass is 16.5. The minimum atomic E-state index is -0.106. The van der Waals surface area contributed by atoms with Crippen molar-refractivity contribution in [3.05, 3.63) is 65.9 Å². The Labute approximate surface area is 146 Å². The summed E-state index contributed by atoms with van der Waals surface area (Å²) in [5.74, 6) is 1.07. The number of nitrogens with zero attached hydrogens (tertiary/aromatic N) is 2. The number of ether oxygens (including phenoxy) is 2. The average Bonchev–Trinajstić information content (AvgIpc) is 2.66. The van der Waals surface area contributed by atoms with E-state index in [1.165, 1.54) is 0 Å². The molecule has 3 aromatic rings. The molecule has 0 spiro atoms. The predicted molar refractivity (Wildman–Crippen MR) is 97.1 cm³/mol. The number of methoxy groups -OCH3 is 2. The van der Waals surface area contributed by atoms with Gasteiger partial charge < -0.3 is 14.4 Å². The second-order valence-electron chi connectivity index (χ2n) is 5.80. The standard InChI is InChI=1S/C20H20N2O3/c1-22(13-14-8-15-6-4-5-7-19(15)21-12-14)20(23)16-9-17(24-2)11-18(10-16)25-3/h4-12H,13H2,1-3H3. The maximum absolute atomic E-state index is 12.7. The minimum absolute atomic E-state index is 0.106. The third kappa shape index (κ3) is 3.71. The smallest absolute Gasteiger partial charge is 0.254 e. The summed E-state index contributed by atoms with van der Waals surface area (Å²) in [6.45, 7) is 0.468. The summed E-state index contributed by atoms with van der Waals surface area (Å²) in [4.78, 5) is 18.8. The van der Waals surface area contributed by atoms with Crippen molar-refractivity contribution in [1.29, 1.82) is 0 Å². The maximum Gasteiger partial charge on any atom is 0.254 e. The number of fused-ring (bicyclic) bond motifs is 1. The van der Waals surface area contributed by atoms with Crippen molar-refractivity contribution in [3.63, 3.8) is 0 Å². The van der Waals surface area contributed by atoms with Crippen LogP contribution < -0.4 is 9.47 Å². The van der Waals surface area contributed by atoms with Gasteiger partial charge in [0.25, 0.3) is 5.91 Å². The second kappa shape index (κ2) is 7.21. The lowest BCUT2D eigenvalue weighted by atomic mass is 10.1. The first-order valence-electron chi connectivity index (χ1n) is 7.93. The number of pyridine rings is 1. The van der Waals surface area contributed by atoms with E-state index in [0.717, 1.165) is 16.5 Å². The van der Waals surface area contributed by atoms with Gasteiger partial charge in [-0.25, -0.2) is 0 Å². The number of rotatable bonds is 5. The van der Waals surface area contributed by atoms with Crippen LogP contribution in [0.15, 0.2) is 54.7 Å². The number of hydrogen-bond acceptors (Lipinski definition) is 4. The van der Waals surface area contributed by atoms with Gasteiger partial charge in [-0.1, -0.05) is 18.2 Å². The van der Waals surface area contributed by atoms with E-state index in [0.29, 0.717) is 23.6 Å². The van der Waals surface area contributed by atoms with Gasteiger partial charge in [-0.05, 0) is 29.8 Å². The molecule has 0 unspecified atom stereocenters. The molecule has 1 heterocycles. The van der Waals surface area contributed by atoms with E-state index in [9.17, 15) is 4.79 Å². The Kier molecular flexibility index (Phi) is 4.84. The predicted octanol–water partition coefficient (Wildman–Crippen LogP) is 3.52. The summed E-state index contributed by atoms with van der Waals surface area (Å²) in [5.41, 5.74) is 2.44. The van der Waals surface area contributed by atoms with E-state index >= 15 is 0 Å². The third-order valence-electron chi connectivity index (χ3n) is 4.01. The zero-order chi connectivity index (χ0) is 17.8. The Bertz CT molecular complexity index is 886. The first kappa shape index (κ1) is 16.8. The molecule has 1 aromatic heterocycles. The van der Waals surface area contributed by atoms with Crippen molar-refractivity contribution in [3.8, 4) is 11.5 Å². The van der Waals surface area contributed by atoms with Gasteiger partial charge in [0.15, 0.2) is 0 Å². The Balaban J connectivity index is 1.82. The molecular formula is C20H20N2O3. The number of carbonyl (C=O) groups is 1. The van der Waals surface area contributed by atoms with Gasteiger partial charge in [-0.3, -0.25) is 9.78 Å². The van der Waals surface area contributed by atoms with Crippen LogP contribution in [0.4, 0.5) is 0 Å². The van der Waals surface area contributed by atoms with Gasteiger partial charge in [0.2, 0.25) is 0 Å². The van der Waals surface area contributed by atoms with Crippen LogP contribution >= 0.6 is 0 Å². The average molecular weight is 336 g/mol. The van der Waals surface area contributed by atoms with Crippen molar-refractivity contribution in [2.75, 3.05) is 21.3 Å². The fraction of sp³-hybridized carbons (Fsp3) is 0.200. The molecule has 2 aromatic carbocycles. The van der Waals surface area contributed by atoms with E-state index < -0.39 is 0 Å². The van der Waals surface area contributed by atoms with E-state index in [-0.39, 0.29) is 5.91 Å².